The van der Waals surface area contributed by atoms with Gasteiger partial charge < -0.3 is 4.74 Å². The number of hydrogen-bond donors (Lipinski definition) is 0. The zero-order valence-corrected chi connectivity index (χ0v) is 12.0. The lowest BCUT2D eigenvalue weighted by Crippen LogP contribution is -2.49. The van der Waals surface area contributed by atoms with Gasteiger partial charge in [0.05, 0.1) is 12.2 Å². The van der Waals surface area contributed by atoms with Gasteiger partial charge in [0, 0.05) is 19.0 Å². The Morgan fingerprint density at radius 3 is 2.74 bits per heavy atom. The van der Waals surface area contributed by atoms with Crippen LogP contribution >= 0.6 is 11.6 Å². The molecule has 0 amide bonds. The van der Waals surface area contributed by atoms with Crippen LogP contribution in [0.15, 0.2) is 29.2 Å². The molecule has 1 aliphatic rings. The van der Waals surface area contributed by atoms with E-state index in [0.29, 0.717) is 0 Å². The maximum atomic E-state index is 13.7. The molecule has 2 unspecified atom stereocenters. The minimum Gasteiger partial charge on any atom is -0.371 e. The van der Waals surface area contributed by atoms with Gasteiger partial charge in [-0.2, -0.15) is 4.31 Å². The van der Waals surface area contributed by atoms with E-state index in [9.17, 15) is 12.8 Å². The summed E-state index contributed by atoms with van der Waals surface area (Å²) < 4.78 is 45.2. The second-order valence-corrected chi connectivity index (χ2v) is 6.69. The molecule has 0 N–H and O–H groups in total. The highest BCUT2D eigenvalue weighted by molar-refractivity contribution is 7.89. The summed E-state index contributed by atoms with van der Waals surface area (Å²) in [7, 11) is -3.85. The average molecular weight is 308 g/mol. The Morgan fingerprint density at radius 1 is 1.42 bits per heavy atom. The number of rotatable bonds is 3. The Hall–Kier alpha value is -0.690. The molecule has 0 saturated carbocycles. The lowest BCUT2D eigenvalue weighted by Gasteiger charge is -2.35. The number of halogens is 2. The summed E-state index contributed by atoms with van der Waals surface area (Å²) in [6.07, 6.45) is -0.633. The van der Waals surface area contributed by atoms with Gasteiger partial charge >= 0.3 is 0 Å². The van der Waals surface area contributed by atoms with Crippen LogP contribution in [0, 0.1) is 5.82 Å². The molecule has 2 atom stereocenters. The van der Waals surface area contributed by atoms with Gasteiger partial charge in [-0.05, 0) is 19.1 Å². The van der Waals surface area contributed by atoms with Crippen LogP contribution in [-0.4, -0.2) is 43.9 Å². The van der Waals surface area contributed by atoms with Crippen LogP contribution in [0.3, 0.4) is 0 Å². The van der Waals surface area contributed by atoms with Gasteiger partial charge in [-0.15, -0.1) is 11.6 Å². The van der Waals surface area contributed by atoms with Crippen LogP contribution in [0.2, 0.25) is 0 Å². The smallest absolute Gasteiger partial charge is 0.246 e. The second-order valence-electron chi connectivity index (χ2n) is 4.48. The van der Waals surface area contributed by atoms with E-state index in [1.54, 1.807) is 6.92 Å². The highest BCUT2D eigenvalue weighted by Crippen LogP contribution is 2.23. The van der Waals surface area contributed by atoms with Gasteiger partial charge in [-0.1, -0.05) is 12.1 Å². The Morgan fingerprint density at radius 2 is 2.11 bits per heavy atom. The Balaban J connectivity index is 2.32. The number of benzene rings is 1. The fourth-order valence-electron chi connectivity index (χ4n) is 2.08. The first-order chi connectivity index (χ1) is 8.95. The van der Waals surface area contributed by atoms with Crippen LogP contribution in [0.25, 0.3) is 0 Å². The Kier molecular flexibility index (Phi) is 4.45. The SMILES string of the molecule is CC1CN(S(=O)(=O)c2ccccc2F)CC(CCl)O1. The quantitative estimate of drug-likeness (QED) is 0.801. The molecule has 1 heterocycles. The summed E-state index contributed by atoms with van der Waals surface area (Å²) in [5.74, 6) is -0.544. The third-order valence-corrected chi connectivity index (χ3v) is 5.13. The summed E-state index contributed by atoms with van der Waals surface area (Å²) in [5.41, 5.74) is 0. The van der Waals surface area contributed by atoms with Crippen molar-refractivity contribution in [2.75, 3.05) is 19.0 Å². The average Bonchev–Trinajstić information content (AvgIpc) is 2.38. The molecule has 1 fully saturated rings. The number of sulfonamides is 1. The molecule has 7 heteroatoms. The first-order valence-electron chi connectivity index (χ1n) is 5.91. The van der Waals surface area contributed by atoms with Crippen LogP contribution < -0.4 is 0 Å². The number of nitrogens with zero attached hydrogens (tertiary/aromatic N) is 1. The second kappa shape index (κ2) is 5.75. The van der Waals surface area contributed by atoms with Crippen LogP contribution in [-0.2, 0) is 14.8 Å². The Bertz CT molecular complexity index is 552. The molecular formula is C12H15ClFNO3S. The number of hydrogen-bond acceptors (Lipinski definition) is 3. The topological polar surface area (TPSA) is 46.6 Å². The molecule has 0 spiro atoms. The normalized spacial score (nSPS) is 25.4. The van der Waals surface area contributed by atoms with E-state index in [1.165, 1.54) is 22.5 Å². The van der Waals surface area contributed by atoms with Crippen LogP contribution in [0.4, 0.5) is 4.39 Å². The maximum Gasteiger partial charge on any atom is 0.246 e. The number of morpholine rings is 1. The minimum atomic E-state index is -3.85. The third kappa shape index (κ3) is 3.08. The number of alkyl halides is 1. The minimum absolute atomic E-state index is 0.143. The van der Waals surface area contributed by atoms with Crippen molar-refractivity contribution in [2.24, 2.45) is 0 Å². The van der Waals surface area contributed by atoms with Crippen molar-refractivity contribution in [3.05, 3.63) is 30.1 Å². The largest absolute Gasteiger partial charge is 0.371 e. The van der Waals surface area contributed by atoms with Crippen LogP contribution in [0.1, 0.15) is 6.92 Å². The highest BCUT2D eigenvalue weighted by atomic mass is 35.5. The molecule has 106 valence electrons. The Labute approximate surface area is 117 Å². The molecule has 19 heavy (non-hydrogen) atoms. The van der Waals surface area contributed by atoms with E-state index in [0.717, 1.165) is 6.07 Å². The van der Waals surface area contributed by atoms with Crippen molar-refractivity contribution < 1.29 is 17.5 Å². The molecule has 1 saturated heterocycles. The molecule has 1 aliphatic heterocycles. The number of ether oxygens (including phenoxy) is 1. The zero-order chi connectivity index (χ0) is 14.0. The standard InChI is InChI=1S/C12H15ClFNO3S/c1-9-7-15(8-10(6-13)18-9)19(16,17)12-5-3-2-4-11(12)14/h2-5,9-10H,6-8H2,1H3. The van der Waals surface area contributed by atoms with E-state index in [-0.39, 0.29) is 36.1 Å². The van der Waals surface area contributed by atoms with Gasteiger partial charge in [0.25, 0.3) is 0 Å². The van der Waals surface area contributed by atoms with Gasteiger partial charge in [0.1, 0.15) is 10.7 Å². The monoisotopic (exact) mass is 307 g/mol. The molecule has 2 rings (SSSR count). The van der Waals surface area contributed by atoms with Crippen molar-refractivity contribution in [2.45, 2.75) is 24.0 Å². The third-order valence-electron chi connectivity index (χ3n) is 2.92. The molecule has 0 aliphatic carbocycles. The molecule has 1 aromatic rings. The lowest BCUT2D eigenvalue weighted by molar-refractivity contribution is -0.0423. The van der Waals surface area contributed by atoms with Crippen molar-refractivity contribution in [1.29, 1.82) is 0 Å². The highest BCUT2D eigenvalue weighted by Gasteiger charge is 2.34. The summed E-state index contributed by atoms with van der Waals surface area (Å²) in [5, 5.41) is 0. The molecule has 1 aromatic carbocycles. The van der Waals surface area contributed by atoms with Crippen molar-refractivity contribution in [3.63, 3.8) is 0 Å². The molecule has 0 radical (unpaired) electrons. The summed E-state index contributed by atoms with van der Waals surface area (Å²) in [4.78, 5) is -0.308. The lowest BCUT2D eigenvalue weighted by atomic mass is 10.3. The fourth-order valence-corrected chi connectivity index (χ4v) is 3.86. The van der Waals surface area contributed by atoms with E-state index >= 15 is 0 Å². The van der Waals surface area contributed by atoms with E-state index in [4.69, 9.17) is 16.3 Å². The predicted molar refractivity (Wildman–Crippen MR) is 70.2 cm³/mol. The molecule has 0 bridgehead atoms. The van der Waals surface area contributed by atoms with Crippen LogP contribution in [0.5, 0.6) is 0 Å². The maximum absolute atomic E-state index is 13.7. The van der Waals surface area contributed by atoms with Gasteiger partial charge in [-0.3, -0.25) is 0 Å². The van der Waals surface area contributed by atoms with Crippen molar-refractivity contribution in [3.8, 4) is 0 Å². The summed E-state index contributed by atoms with van der Waals surface area (Å²) in [6.45, 7) is 2.11. The van der Waals surface area contributed by atoms with E-state index in [2.05, 4.69) is 0 Å². The van der Waals surface area contributed by atoms with E-state index < -0.39 is 15.8 Å². The van der Waals surface area contributed by atoms with Crippen molar-refractivity contribution in [1.82, 2.24) is 4.31 Å². The zero-order valence-electron chi connectivity index (χ0n) is 10.4. The predicted octanol–water partition coefficient (Wildman–Crippen LogP) is 1.84. The van der Waals surface area contributed by atoms with Gasteiger partial charge in [-0.25, -0.2) is 12.8 Å². The molecule has 0 aromatic heterocycles. The summed E-state index contributed by atoms with van der Waals surface area (Å²) in [6, 6.07) is 5.35. The van der Waals surface area contributed by atoms with Crippen molar-refractivity contribution >= 4 is 21.6 Å². The first kappa shape index (κ1) is 14.7. The molecular weight excluding hydrogens is 293 g/mol. The van der Waals surface area contributed by atoms with Gasteiger partial charge in [0.2, 0.25) is 10.0 Å². The first-order valence-corrected chi connectivity index (χ1v) is 7.88. The summed E-state index contributed by atoms with van der Waals surface area (Å²) >= 11 is 5.72. The fraction of sp³-hybridized carbons (Fsp3) is 0.500. The molecule has 4 nitrogen and oxygen atoms in total. The van der Waals surface area contributed by atoms with E-state index in [1.807, 2.05) is 0 Å². The van der Waals surface area contributed by atoms with Gasteiger partial charge in [0.15, 0.2) is 0 Å².